The molecule has 0 fully saturated rings. The van der Waals surface area contributed by atoms with Gasteiger partial charge >= 0.3 is 0 Å². The van der Waals surface area contributed by atoms with E-state index in [0.29, 0.717) is 5.69 Å². The Morgan fingerprint density at radius 1 is 1.11 bits per heavy atom. The largest absolute Gasteiger partial charge is 0.497 e. The Labute approximate surface area is 118 Å². The second-order valence-electron chi connectivity index (χ2n) is 4.02. The molecule has 0 radical (unpaired) electrons. The highest BCUT2D eigenvalue weighted by atomic mass is 79.9. The second kappa shape index (κ2) is 4.55. The number of aromatic nitrogens is 3. The van der Waals surface area contributed by atoms with Crippen molar-refractivity contribution >= 4 is 32.7 Å². The van der Waals surface area contributed by atoms with Crippen LogP contribution >= 0.6 is 15.9 Å². The number of ether oxygens (including phenoxy) is 1. The van der Waals surface area contributed by atoms with Gasteiger partial charge in [-0.1, -0.05) is 0 Å². The summed E-state index contributed by atoms with van der Waals surface area (Å²) in [5, 5.41) is 8.86. The fraction of sp³-hybridized carbons (Fsp3) is 0.0769. The number of anilines is 1. The quantitative estimate of drug-likeness (QED) is 0.738. The van der Waals surface area contributed by atoms with Crippen LogP contribution in [0.15, 0.2) is 40.9 Å². The van der Waals surface area contributed by atoms with Gasteiger partial charge in [0.15, 0.2) is 0 Å². The first-order valence-electron chi connectivity index (χ1n) is 5.64. The summed E-state index contributed by atoms with van der Waals surface area (Å²) in [5.74, 6) is 0.797. The van der Waals surface area contributed by atoms with E-state index < -0.39 is 0 Å². The van der Waals surface area contributed by atoms with Crippen LogP contribution < -0.4 is 10.5 Å². The molecule has 19 heavy (non-hydrogen) atoms. The summed E-state index contributed by atoms with van der Waals surface area (Å²) in [5.41, 5.74) is 8.88. The zero-order valence-electron chi connectivity index (χ0n) is 10.2. The lowest BCUT2D eigenvalue weighted by Crippen LogP contribution is -1.98. The topological polar surface area (TPSA) is 66.0 Å². The van der Waals surface area contributed by atoms with Crippen molar-refractivity contribution in [3.8, 4) is 11.4 Å². The van der Waals surface area contributed by atoms with E-state index in [0.717, 1.165) is 26.9 Å². The SMILES string of the molecule is COc1ccc(-n2nc3ccc(N)c(Br)c3n2)cc1. The molecule has 96 valence electrons. The van der Waals surface area contributed by atoms with E-state index in [1.807, 2.05) is 30.3 Å². The van der Waals surface area contributed by atoms with Gasteiger partial charge in [0.1, 0.15) is 16.8 Å². The average Bonchev–Trinajstić information content (AvgIpc) is 2.88. The van der Waals surface area contributed by atoms with Crippen LogP contribution in [-0.2, 0) is 0 Å². The number of nitrogens with two attached hydrogens (primary N) is 1. The number of hydrogen-bond donors (Lipinski definition) is 1. The number of methoxy groups -OCH3 is 1. The summed E-state index contributed by atoms with van der Waals surface area (Å²) in [6, 6.07) is 11.2. The molecule has 0 amide bonds. The first-order valence-corrected chi connectivity index (χ1v) is 6.44. The molecular weight excluding hydrogens is 308 g/mol. The number of rotatable bonds is 2. The zero-order chi connectivity index (χ0) is 13.4. The van der Waals surface area contributed by atoms with Gasteiger partial charge in [-0.15, -0.1) is 10.2 Å². The van der Waals surface area contributed by atoms with Crippen LogP contribution in [0.25, 0.3) is 16.7 Å². The van der Waals surface area contributed by atoms with Crippen LogP contribution in [0.5, 0.6) is 5.75 Å². The molecular formula is C13H11BrN4O. The van der Waals surface area contributed by atoms with Crippen LogP contribution in [0.2, 0.25) is 0 Å². The van der Waals surface area contributed by atoms with E-state index in [-0.39, 0.29) is 0 Å². The van der Waals surface area contributed by atoms with Gasteiger partial charge in [-0.3, -0.25) is 0 Å². The Bertz CT molecular complexity index is 736. The molecule has 6 heteroatoms. The Balaban J connectivity index is 2.12. The summed E-state index contributed by atoms with van der Waals surface area (Å²) in [4.78, 5) is 1.58. The second-order valence-corrected chi connectivity index (χ2v) is 4.82. The molecule has 0 bridgehead atoms. The lowest BCUT2D eigenvalue weighted by Gasteiger charge is -2.01. The molecule has 1 aromatic heterocycles. The molecule has 2 N–H and O–H groups in total. The van der Waals surface area contributed by atoms with Gasteiger partial charge in [0.2, 0.25) is 0 Å². The summed E-state index contributed by atoms with van der Waals surface area (Å²) >= 11 is 3.43. The Morgan fingerprint density at radius 2 is 1.84 bits per heavy atom. The maximum absolute atomic E-state index is 5.83. The fourth-order valence-electron chi connectivity index (χ4n) is 1.80. The van der Waals surface area contributed by atoms with E-state index in [9.17, 15) is 0 Å². The van der Waals surface area contributed by atoms with E-state index in [4.69, 9.17) is 10.5 Å². The van der Waals surface area contributed by atoms with Crippen molar-refractivity contribution in [2.24, 2.45) is 0 Å². The summed E-state index contributed by atoms with van der Waals surface area (Å²) < 4.78 is 5.89. The van der Waals surface area contributed by atoms with E-state index >= 15 is 0 Å². The number of hydrogen-bond acceptors (Lipinski definition) is 4. The van der Waals surface area contributed by atoms with Crippen molar-refractivity contribution in [3.63, 3.8) is 0 Å². The third kappa shape index (κ3) is 2.04. The van der Waals surface area contributed by atoms with Crippen molar-refractivity contribution in [1.29, 1.82) is 0 Å². The van der Waals surface area contributed by atoms with Crippen LogP contribution in [0.3, 0.4) is 0 Å². The molecule has 3 aromatic rings. The van der Waals surface area contributed by atoms with E-state index in [1.165, 1.54) is 0 Å². The smallest absolute Gasteiger partial charge is 0.129 e. The molecule has 0 atom stereocenters. The minimum atomic E-state index is 0.647. The van der Waals surface area contributed by atoms with Gasteiger partial charge in [-0.25, -0.2) is 0 Å². The molecule has 0 saturated carbocycles. The molecule has 0 aliphatic carbocycles. The van der Waals surface area contributed by atoms with Crippen molar-refractivity contribution in [1.82, 2.24) is 15.0 Å². The minimum Gasteiger partial charge on any atom is -0.497 e. The lowest BCUT2D eigenvalue weighted by atomic mass is 10.3. The highest BCUT2D eigenvalue weighted by molar-refractivity contribution is 9.10. The standard InChI is InChI=1S/C13H11BrN4O/c1-19-9-4-2-8(3-5-9)18-16-11-7-6-10(15)12(14)13(11)17-18/h2-7H,15H2,1H3. The molecule has 1 heterocycles. The van der Waals surface area contributed by atoms with Gasteiger partial charge in [0.25, 0.3) is 0 Å². The van der Waals surface area contributed by atoms with Crippen molar-refractivity contribution in [3.05, 3.63) is 40.9 Å². The number of fused-ring (bicyclic) bond motifs is 1. The summed E-state index contributed by atoms with van der Waals surface area (Å²) in [7, 11) is 1.63. The highest BCUT2D eigenvalue weighted by Crippen LogP contribution is 2.27. The average molecular weight is 319 g/mol. The maximum atomic E-state index is 5.83. The summed E-state index contributed by atoms with van der Waals surface area (Å²) in [6.07, 6.45) is 0. The molecule has 0 unspecified atom stereocenters. The summed E-state index contributed by atoms with van der Waals surface area (Å²) in [6.45, 7) is 0. The first kappa shape index (κ1) is 12.0. The van der Waals surface area contributed by atoms with Gasteiger partial charge < -0.3 is 10.5 Å². The molecule has 3 rings (SSSR count). The Hall–Kier alpha value is -2.08. The third-order valence-electron chi connectivity index (χ3n) is 2.83. The van der Waals surface area contributed by atoms with Crippen LogP contribution in [0.4, 0.5) is 5.69 Å². The number of nitrogen functional groups attached to an aromatic ring is 1. The van der Waals surface area contributed by atoms with E-state index in [2.05, 4.69) is 26.1 Å². The normalized spacial score (nSPS) is 10.8. The zero-order valence-corrected chi connectivity index (χ0v) is 11.8. The van der Waals surface area contributed by atoms with Crippen LogP contribution in [0.1, 0.15) is 0 Å². The lowest BCUT2D eigenvalue weighted by molar-refractivity contribution is 0.414. The predicted octanol–water partition coefficient (Wildman–Crippen LogP) is 2.77. The van der Waals surface area contributed by atoms with Crippen molar-refractivity contribution in [2.45, 2.75) is 0 Å². The Kier molecular flexibility index (Phi) is 2.87. The first-order chi connectivity index (χ1) is 9.19. The van der Waals surface area contributed by atoms with Crippen molar-refractivity contribution in [2.75, 3.05) is 12.8 Å². The predicted molar refractivity (Wildman–Crippen MR) is 77.5 cm³/mol. The molecule has 5 nitrogen and oxygen atoms in total. The molecule has 0 saturated heterocycles. The molecule has 2 aromatic carbocycles. The van der Waals surface area contributed by atoms with Crippen LogP contribution in [-0.4, -0.2) is 22.1 Å². The third-order valence-corrected chi connectivity index (χ3v) is 3.66. The monoisotopic (exact) mass is 318 g/mol. The molecule has 0 spiro atoms. The maximum Gasteiger partial charge on any atom is 0.129 e. The van der Waals surface area contributed by atoms with E-state index in [1.54, 1.807) is 18.0 Å². The van der Waals surface area contributed by atoms with Crippen LogP contribution in [0, 0.1) is 0 Å². The van der Waals surface area contributed by atoms with Gasteiger partial charge in [-0.2, -0.15) is 4.80 Å². The molecule has 0 aliphatic heterocycles. The number of nitrogens with zero attached hydrogens (tertiary/aromatic N) is 3. The highest BCUT2D eigenvalue weighted by Gasteiger charge is 2.09. The Morgan fingerprint density at radius 3 is 2.53 bits per heavy atom. The van der Waals surface area contributed by atoms with Gasteiger partial charge in [-0.05, 0) is 52.3 Å². The van der Waals surface area contributed by atoms with Gasteiger partial charge in [0, 0.05) is 5.69 Å². The minimum absolute atomic E-state index is 0.647. The number of halogens is 1. The van der Waals surface area contributed by atoms with Gasteiger partial charge in [0.05, 0.1) is 17.3 Å². The van der Waals surface area contributed by atoms with Crippen molar-refractivity contribution < 1.29 is 4.74 Å². The molecule has 0 aliphatic rings. The fourth-order valence-corrected chi connectivity index (χ4v) is 2.21. The number of benzene rings is 2.